The van der Waals surface area contributed by atoms with Gasteiger partial charge in [-0.1, -0.05) is 25.7 Å². The van der Waals surface area contributed by atoms with Gasteiger partial charge in [-0.25, -0.2) is 17.2 Å². The molecule has 0 saturated carbocycles. The number of hydrogen-bond acceptors (Lipinski definition) is 3. The van der Waals surface area contributed by atoms with Crippen LogP contribution in [-0.2, 0) is 10.0 Å². The average Bonchev–Trinajstić information content (AvgIpc) is 2.40. The van der Waals surface area contributed by atoms with Gasteiger partial charge in [0.05, 0.1) is 12.1 Å². The van der Waals surface area contributed by atoms with Gasteiger partial charge in [-0.2, -0.15) is 4.31 Å². The lowest BCUT2D eigenvalue weighted by Crippen LogP contribution is -2.32. The predicted octanol–water partition coefficient (Wildman–Crippen LogP) is 1.70. The van der Waals surface area contributed by atoms with E-state index in [2.05, 4.69) is 11.8 Å². The molecular weight excluding hydrogens is 298 g/mol. The Morgan fingerprint density at radius 2 is 1.95 bits per heavy atom. The minimum atomic E-state index is -4.07. The fraction of sp³-hybridized carbons (Fsp3) is 0.429. The van der Waals surface area contributed by atoms with Gasteiger partial charge >= 0.3 is 0 Å². The molecule has 0 aliphatic rings. The molecule has 1 aromatic carbocycles. The summed E-state index contributed by atoms with van der Waals surface area (Å²) in [5, 5.41) is 0. The van der Waals surface area contributed by atoms with Crippen molar-refractivity contribution in [1.82, 2.24) is 4.31 Å². The highest BCUT2D eigenvalue weighted by Crippen LogP contribution is 2.24. The fourth-order valence-electron chi connectivity index (χ4n) is 1.89. The highest BCUT2D eigenvalue weighted by Gasteiger charge is 2.29. The lowest BCUT2D eigenvalue weighted by atomic mass is 10.2. The van der Waals surface area contributed by atoms with Gasteiger partial charge < -0.3 is 5.73 Å². The maximum absolute atomic E-state index is 14.0. The highest BCUT2D eigenvalue weighted by molar-refractivity contribution is 7.89. The van der Waals surface area contributed by atoms with Crippen molar-refractivity contribution < 1.29 is 17.2 Å². The molecule has 0 heterocycles. The highest BCUT2D eigenvalue weighted by atomic mass is 32.2. The maximum atomic E-state index is 14.0. The van der Waals surface area contributed by atoms with E-state index in [1.54, 1.807) is 6.92 Å². The largest absolute Gasteiger partial charge is 0.320 e. The Kier molecular flexibility index (Phi) is 6.27. The molecule has 0 aliphatic carbocycles. The van der Waals surface area contributed by atoms with Crippen LogP contribution in [0.1, 0.15) is 25.8 Å². The molecule has 21 heavy (non-hydrogen) atoms. The Balaban J connectivity index is 3.53. The first-order valence-electron chi connectivity index (χ1n) is 6.56. The maximum Gasteiger partial charge on any atom is 0.247 e. The number of nitrogens with zero attached hydrogens (tertiary/aromatic N) is 1. The molecule has 7 heteroatoms. The van der Waals surface area contributed by atoms with E-state index in [4.69, 9.17) is 5.73 Å². The van der Waals surface area contributed by atoms with Gasteiger partial charge in [-0.05, 0) is 12.5 Å². The first-order valence-corrected chi connectivity index (χ1v) is 8.00. The zero-order valence-corrected chi connectivity index (χ0v) is 12.8. The van der Waals surface area contributed by atoms with Crippen LogP contribution in [0.15, 0.2) is 17.0 Å². The normalized spacial score (nSPS) is 11.3. The number of benzene rings is 1. The summed E-state index contributed by atoms with van der Waals surface area (Å²) in [7, 11) is -4.07. The molecule has 0 aliphatic heterocycles. The van der Waals surface area contributed by atoms with Crippen molar-refractivity contribution in [3.63, 3.8) is 0 Å². The van der Waals surface area contributed by atoms with Crippen LogP contribution in [-0.4, -0.2) is 32.4 Å². The van der Waals surface area contributed by atoms with Gasteiger partial charge in [-0.3, -0.25) is 0 Å². The lowest BCUT2D eigenvalue weighted by Gasteiger charge is -2.21. The molecule has 1 rings (SSSR count). The minimum Gasteiger partial charge on any atom is -0.320 e. The van der Waals surface area contributed by atoms with Crippen LogP contribution in [0.3, 0.4) is 0 Å². The van der Waals surface area contributed by atoms with E-state index in [0.717, 1.165) is 10.4 Å². The van der Waals surface area contributed by atoms with E-state index in [1.165, 1.54) is 0 Å². The monoisotopic (exact) mass is 316 g/mol. The Bertz CT molecular complexity index is 664. The smallest absolute Gasteiger partial charge is 0.247 e. The summed E-state index contributed by atoms with van der Waals surface area (Å²) in [5.74, 6) is 2.81. The van der Waals surface area contributed by atoms with Crippen molar-refractivity contribution >= 4 is 10.0 Å². The van der Waals surface area contributed by atoms with Gasteiger partial charge in [-0.15, -0.1) is 0 Å². The quantitative estimate of drug-likeness (QED) is 0.841. The summed E-state index contributed by atoms with van der Waals surface area (Å²) in [6.07, 6.45) is 0.583. The van der Waals surface area contributed by atoms with E-state index in [9.17, 15) is 17.2 Å². The Morgan fingerprint density at radius 3 is 2.48 bits per heavy atom. The minimum absolute atomic E-state index is 0.0376. The van der Waals surface area contributed by atoms with Crippen molar-refractivity contribution in [2.24, 2.45) is 5.73 Å². The number of nitrogens with two attached hydrogens (primary N) is 1. The van der Waals surface area contributed by atoms with E-state index in [1.807, 2.05) is 6.92 Å². The molecule has 2 N–H and O–H groups in total. The molecule has 0 amide bonds. The molecule has 0 radical (unpaired) electrons. The van der Waals surface area contributed by atoms with Crippen molar-refractivity contribution in [2.75, 3.05) is 19.6 Å². The predicted molar refractivity (Wildman–Crippen MR) is 77.0 cm³/mol. The zero-order valence-electron chi connectivity index (χ0n) is 12.0. The van der Waals surface area contributed by atoms with Gasteiger partial charge in [0.2, 0.25) is 10.0 Å². The zero-order chi connectivity index (χ0) is 16.0. The van der Waals surface area contributed by atoms with Gasteiger partial charge in [0.15, 0.2) is 0 Å². The summed E-state index contributed by atoms with van der Waals surface area (Å²) in [4.78, 5) is -0.597. The lowest BCUT2D eigenvalue weighted by molar-refractivity contribution is 0.422. The fourth-order valence-corrected chi connectivity index (χ4v) is 3.60. The van der Waals surface area contributed by atoms with Gasteiger partial charge in [0.1, 0.15) is 16.5 Å². The van der Waals surface area contributed by atoms with E-state index in [-0.39, 0.29) is 25.2 Å². The standard InChI is InChI=1S/C14H18F2N2O2S/c1-3-8-18(4-2)21(19,20)14-11(6-5-7-17)9-12(15)10-13(14)16/h9-10H,3-4,7-8,17H2,1-2H3. The van der Waals surface area contributed by atoms with Crippen LogP contribution in [0.4, 0.5) is 8.78 Å². The topological polar surface area (TPSA) is 63.4 Å². The molecule has 116 valence electrons. The van der Waals surface area contributed by atoms with Crippen molar-refractivity contribution in [3.8, 4) is 11.8 Å². The first-order chi connectivity index (χ1) is 9.88. The van der Waals surface area contributed by atoms with Gasteiger partial charge in [0, 0.05) is 19.2 Å². The molecular formula is C14H18F2N2O2S. The van der Waals surface area contributed by atoms with Crippen molar-refractivity contribution in [2.45, 2.75) is 25.2 Å². The van der Waals surface area contributed by atoms with Crippen LogP contribution >= 0.6 is 0 Å². The molecule has 0 fully saturated rings. The summed E-state index contributed by atoms with van der Waals surface area (Å²) < 4.78 is 53.5. The Labute approximate surface area is 124 Å². The van der Waals surface area contributed by atoms with Crippen LogP contribution in [0.25, 0.3) is 0 Å². The number of hydrogen-bond donors (Lipinski definition) is 1. The third kappa shape index (κ3) is 4.00. The summed E-state index contributed by atoms with van der Waals surface area (Å²) in [6.45, 7) is 3.87. The van der Waals surface area contributed by atoms with Crippen molar-refractivity contribution in [3.05, 3.63) is 29.3 Å². The SMILES string of the molecule is CCCN(CC)S(=O)(=O)c1c(F)cc(F)cc1C#CCN. The van der Waals surface area contributed by atoms with Crippen molar-refractivity contribution in [1.29, 1.82) is 0 Å². The number of sulfonamides is 1. The molecule has 0 bridgehead atoms. The summed E-state index contributed by atoms with van der Waals surface area (Å²) in [5.41, 5.74) is 5.01. The Hall–Kier alpha value is -1.49. The van der Waals surface area contributed by atoms with Crippen LogP contribution < -0.4 is 5.73 Å². The summed E-state index contributed by atoms with van der Waals surface area (Å²) >= 11 is 0. The van der Waals surface area contributed by atoms with Gasteiger partial charge in [0.25, 0.3) is 0 Å². The Morgan fingerprint density at radius 1 is 1.29 bits per heavy atom. The molecule has 0 atom stereocenters. The van der Waals surface area contributed by atoms with Crippen LogP contribution in [0.2, 0.25) is 0 Å². The second-order valence-corrected chi connectivity index (χ2v) is 6.14. The molecule has 0 aromatic heterocycles. The number of halogens is 2. The van der Waals surface area contributed by atoms with E-state index >= 15 is 0 Å². The second-order valence-electron chi connectivity index (χ2n) is 4.27. The molecule has 0 saturated heterocycles. The third-order valence-electron chi connectivity index (χ3n) is 2.76. The number of rotatable bonds is 5. The molecule has 1 aromatic rings. The summed E-state index contributed by atoms with van der Waals surface area (Å²) in [6, 6.07) is 1.44. The molecule has 0 spiro atoms. The average molecular weight is 316 g/mol. The van der Waals surface area contributed by atoms with Crippen LogP contribution in [0.5, 0.6) is 0 Å². The van der Waals surface area contributed by atoms with E-state index < -0.39 is 26.6 Å². The van der Waals surface area contributed by atoms with E-state index in [0.29, 0.717) is 12.5 Å². The molecule has 4 nitrogen and oxygen atoms in total. The first kappa shape index (κ1) is 17.6. The second kappa shape index (κ2) is 7.50. The third-order valence-corrected chi connectivity index (χ3v) is 4.81. The molecule has 0 unspecified atom stereocenters. The van der Waals surface area contributed by atoms with Crippen LogP contribution in [0, 0.1) is 23.5 Å².